The summed E-state index contributed by atoms with van der Waals surface area (Å²) >= 11 is 1.59. The van der Waals surface area contributed by atoms with Crippen LogP contribution >= 0.6 is 11.3 Å². The van der Waals surface area contributed by atoms with Gasteiger partial charge in [0.2, 0.25) is 0 Å². The van der Waals surface area contributed by atoms with Crippen molar-refractivity contribution in [2.45, 2.75) is 12.5 Å². The van der Waals surface area contributed by atoms with E-state index < -0.39 is 11.6 Å². The fourth-order valence-corrected chi connectivity index (χ4v) is 4.42. The van der Waals surface area contributed by atoms with Crippen LogP contribution in [0.2, 0.25) is 0 Å². The monoisotopic (exact) mass is 432 g/mol. The maximum Gasteiger partial charge on any atom is 0.162 e. The quantitative estimate of drug-likeness (QED) is 0.491. The first-order valence-electron chi connectivity index (χ1n) is 9.96. The van der Waals surface area contributed by atoms with Crippen molar-refractivity contribution < 1.29 is 17.9 Å². The smallest absolute Gasteiger partial charge is 0.162 e. The molecule has 2 heterocycles. The third kappa shape index (κ3) is 5.15. The van der Waals surface area contributed by atoms with Crippen LogP contribution in [0.1, 0.15) is 17.4 Å². The highest BCUT2D eigenvalue weighted by Crippen LogP contribution is 2.29. The number of ether oxygens (including phenoxy) is 1. The van der Waals surface area contributed by atoms with Crippen molar-refractivity contribution in [3.63, 3.8) is 0 Å². The lowest BCUT2D eigenvalue weighted by Gasteiger charge is -2.36. The highest BCUT2D eigenvalue weighted by atomic mass is 32.1. The number of halogens is 3. The van der Waals surface area contributed by atoms with Gasteiger partial charge in [-0.05, 0) is 47.8 Å². The van der Waals surface area contributed by atoms with Crippen molar-refractivity contribution in [1.29, 1.82) is 0 Å². The van der Waals surface area contributed by atoms with Gasteiger partial charge in [-0.25, -0.2) is 13.2 Å². The van der Waals surface area contributed by atoms with Crippen LogP contribution in [0, 0.1) is 17.5 Å². The molecule has 4 rings (SSSR count). The van der Waals surface area contributed by atoms with Crippen LogP contribution < -0.4 is 9.64 Å². The molecule has 0 radical (unpaired) electrons. The van der Waals surface area contributed by atoms with E-state index in [0.29, 0.717) is 5.75 Å². The van der Waals surface area contributed by atoms with Gasteiger partial charge in [0.1, 0.15) is 17.7 Å². The number of piperazine rings is 1. The minimum Gasteiger partial charge on any atom is -0.485 e. The van der Waals surface area contributed by atoms with Gasteiger partial charge in [0, 0.05) is 55.8 Å². The molecule has 1 aliphatic rings. The van der Waals surface area contributed by atoms with Crippen LogP contribution in [0.25, 0.3) is 0 Å². The third-order valence-corrected chi connectivity index (χ3v) is 6.27. The molecule has 1 aromatic heterocycles. The van der Waals surface area contributed by atoms with Crippen LogP contribution in [0.3, 0.4) is 0 Å². The molecule has 0 saturated carbocycles. The van der Waals surface area contributed by atoms with Crippen molar-refractivity contribution in [2.75, 3.05) is 37.6 Å². The van der Waals surface area contributed by atoms with Crippen molar-refractivity contribution in [2.24, 2.45) is 0 Å². The highest BCUT2D eigenvalue weighted by Gasteiger charge is 2.21. The van der Waals surface area contributed by atoms with Gasteiger partial charge < -0.3 is 9.64 Å². The second-order valence-electron chi connectivity index (χ2n) is 7.29. The van der Waals surface area contributed by atoms with Crippen molar-refractivity contribution >= 4 is 17.0 Å². The van der Waals surface area contributed by atoms with E-state index in [1.54, 1.807) is 11.3 Å². The minimum absolute atomic E-state index is 0.218. The summed E-state index contributed by atoms with van der Waals surface area (Å²) in [6.07, 6.45) is 0.528. The van der Waals surface area contributed by atoms with Gasteiger partial charge >= 0.3 is 0 Å². The average molecular weight is 433 g/mol. The van der Waals surface area contributed by atoms with Crippen LogP contribution in [0.5, 0.6) is 5.75 Å². The van der Waals surface area contributed by atoms with Gasteiger partial charge in [0.15, 0.2) is 11.6 Å². The van der Waals surface area contributed by atoms with E-state index in [2.05, 4.69) is 9.80 Å². The van der Waals surface area contributed by atoms with E-state index in [-0.39, 0.29) is 11.9 Å². The molecule has 3 nitrogen and oxygen atoms in total. The first kappa shape index (κ1) is 20.8. The van der Waals surface area contributed by atoms with Gasteiger partial charge in [-0.3, -0.25) is 4.90 Å². The van der Waals surface area contributed by atoms with E-state index in [9.17, 15) is 13.2 Å². The van der Waals surface area contributed by atoms with Gasteiger partial charge in [0.25, 0.3) is 0 Å². The minimum atomic E-state index is -0.908. The van der Waals surface area contributed by atoms with Crippen molar-refractivity contribution in [3.8, 4) is 5.75 Å². The fourth-order valence-electron chi connectivity index (χ4n) is 3.63. The number of rotatable bonds is 7. The lowest BCUT2D eigenvalue weighted by Crippen LogP contribution is -2.46. The van der Waals surface area contributed by atoms with E-state index >= 15 is 0 Å². The standard InChI is InChI=1S/C23H23F3N2OS/c24-17-3-5-18(6-4-17)28-13-11-27(12-14-28)10-9-22(23-2-1-15-30-23)29-19-7-8-20(25)21(26)16-19/h1-8,15-16,22H,9-14H2/t22-/m1/s1. The molecule has 158 valence electrons. The van der Waals surface area contributed by atoms with Crippen LogP contribution in [-0.4, -0.2) is 37.6 Å². The molecule has 3 aromatic rings. The summed E-state index contributed by atoms with van der Waals surface area (Å²) in [6.45, 7) is 4.39. The van der Waals surface area contributed by atoms with Gasteiger partial charge in [-0.2, -0.15) is 0 Å². The molecule has 7 heteroatoms. The average Bonchev–Trinajstić information content (AvgIpc) is 3.29. The Hall–Kier alpha value is -2.51. The number of hydrogen-bond donors (Lipinski definition) is 0. The Labute approximate surface area is 178 Å². The SMILES string of the molecule is Fc1ccc(N2CCN(CC[C@@H](Oc3ccc(F)c(F)c3)c3cccs3)CC2)cc1. The zero-order valence-corrected chi connectivity index (χ0v) is 17.3. The molecule has 30 heavy (non-hydrogen) atoms. The molecule has 0 aliphatic carbocycles. The lowest BCUT2D eigenvalue weighted by molar-refractivity contribution is 0.162. The normalized spacial score (nSPS) is 15.9. The van der Waals surface area contributed by atoms with E-state index in [1.807, 2.05) is 29.6 Å². The summed E-state index contributed by atoms with van der Waals surface area (Å²) in [6, 6.07) is 14.2. The maximum atomic E-state index is 13.6. The van der Waals surface area contributed by atoms with E-state index in [1.165, 1.54) is 18.2 Å². The topological polar surface area (TPSA) is 15.7 Å². The Balaban J connectivity index is 1.34. The second kappa shape index (κ2) is 9.53. The number of thiophene rings is 1. The van der Waals surface area contributed by atoms with Crippen molar-refractivity contribution in [3.05, 3.63) is 82.3 Å². The molecule has 0 N–H and O–H groups in total. The van der Waals surface area contributed by atoms with Gasteiger partial charge in [-0.15, -0.1) is 11.3 Å². The van der Waals surface area contributed by atoms with Crippen LogP contribution in [0.15, 0.2) is 60.0 Å². The summed E-state index contributed by atoms with van der Waals surface area (Å²) in [7, 11) is 0. The number of anilines is 1. The molecule has 1 atom stereocenters. The first-order chi connectivity index (χ1) is 14.6. The van der Waals surface area contributed by atoms with Crippen LogP contribution in [0.4, 0.5) is 18.9 Å². The second-order valence-corrected chi connectivity index (χ2v) is 8.27. The Kier molecular flexibility index (Phi) is 6.59. The summed E-state index contributed by atoms with van der Waals surface area (Å²) in [5.74, 6) is -1.69. The zero-order chi connectivity index (χ0) is 20.9. The number of nitrogens with zero attached hydrogens (tertiary/aromatic N) is 2. The molecule has 1 saturated heterocycles. The molecule has 0 amide bonds. The fraction of sp³-hybridized carbons (Fsp3) is 0.304. The summed E-state index contributed by atoms with van der Waals surface area (Å²) in [5.41, 5.74) is 1.04. The molecule has 1 fully saturated rings. The van der Waals surface area contributed by atoms with E-state index in [4.69, 9.17) is 4.74 Å². The van der Waals surface area contributed by atoms with Crippen molar-refractivity contribution in [1.82, 2.24) is 4.90 Å². The molecule has 0 spiro atoms. The summed E-state index contributed by atoms with van der Waals surface area (Å²) < 4.78 is 45.9. The van der Waals surface area contributed by atoms with E-state index in [0.717, 1.165) is 61.8 Å². The molecule has 0 unspecified atom stereocenters. The Morgan fingerprint density at radius 2 is 1.67 bits per heavy atom. The largest absolute Gasteiger partial charge is 0.485 e. The molecule has 2 aromatic carbocycles. The molecule has 1 aliphatic heterocycles. The van der Waals surface area contributed by atoms with Crippen LogP contribution in [-0.2, 0) is 0 Å². The summed E-state index contributed by atoms with van der Waals surface area (Å²) in [5, 5.41) is 1.98. The summed E-state index contributed by atoms with van der Waals surface area (Å²) in [4.78, 5) is 5.68. The lowest BCUT2D eigenvalue weighted by atomic mass is 10.1. The number of hydrogen-bond acceptors (Lipinski definition) is 4. The third-order valence-electron chi connectivity index (χ3n) is 5.30. The number of benzene rings is 2. The molecular formula is C23H23F3N2OS. The Morgan fingerprint density at radius 1 is 0.900 bits per heavy atom. The first-order valence-corrected chi connectivity index (χ1v) is 10.8. The highest BCUT2D eigenvalue weighted by molar-refractivity contribution is 7.10. The maximum absolute atomic E-state index is 13.6. The predicted molar refractivity (Wildman–Crippen MR) is 114 cm³/mol. The predicted octanol–water partition coefficient (Wildman–Crippen LogP) is 5.50. The molecular weight excluding hydrogens is 409 g/mol. The zero-order valence-electron chi connectivity index (χ0n) is 16.4. The van der Waals surface area contributed by atoms with Gasteiger partial charge in [0.05, 0.1) is 0 Å². The van der Waals surface area contributed by atoms with Gasteiger partial charge in [-0.1, -0.05) is 6.07 Å². The Bertz CT molecular complexity index is 942. The molecule has 0 bridgehead atoms. The Morgan fingerprint density at radius 3 is 2.33 bits per heavy atom.